The highest BCUT2D eigenvalue weighted by molar-refractivity contribution is 5.69. The van der Waals surface area contributed by atoms with E-state index in [1.54, 1.807) is 13.0 Å². The van der Waals surface area contributed by atoms with E-state index in [1.807, 2.05) is 12.1 Å². The number of fused-ring (bicyclic) bond motifs is 1. The van der Waals surface area contributed by atoms with Gasteiger partial charge in [0.15, 0.2) is 0 Å². The van der Waals surface area contributed by atoms with Crippen LogP contribution in [0.2, 0.25) is 0 Å². The summed E-state index contributed by atoms with van der Waals surface area (Å²) in [6, 6.07) is 14.5. The highest BCUT2D eigenvalue weighted by Crippen LogP contribution is 2.35. The lowest BCUT2D eigenvalue weighted by atomic mass is 10.0. The average molecular weight is 337 g/mol. The second-order valence-electron chi connectivity index (χ2n) is 7.34. The number of nitro benzene ring substituents is 1. The first kappa shape index (κ1) is 16.1. The van der Waals surface area contributed by atoms with Crippen LogP contribution in [-0.2, 0) is 0 Å². The van der Waals surface area contributed by atoms with Gasteiger partial charge < -0.3 is 9.80 Å². The van der Waals surface area contributed by atoms with Gasteiger partial charge in [-0.25, -0.2) is 0 Å². The number of anilines is 1. The van der Waals surface area contributed by atoms with E-state index in [0.717, 1.165) is 30.1 Å². The lowest BCUT2D eigenvalue weighted by Gasteiger charge is -2.26. The molecule has 0 amide bonds. The Hall–Kier alpha value is -2.40. The second kappa shape index (κ2) is 6.15. The minimum absolute atomic E-state index is 0.179. The summed E-state index contributed by atoms with van der Waals surface area (Å²) in [4.78, 5) is 15.8. The Morgan fingerprint density at radius 2 is 1.80 bits per heavy atom. The van der Waals surface area contributed by atoms with Crippen LogP contribution in [-0.4, -0.2) is 42.5 Å². The molecule has 5 heteroatoms. The summed E-state index contributed by atoms with van der Waals surface area (Å²) < 4.78 is 0. The van der Waals surface area contributed by atoms with Crippen molar-refractivity contribution in [3.63, 3.8) is 0 Å². The van der Waals surface area contributed by atoms with Crippen molar-refractivity contribution < 1.29 is 4.92 Å². The van der Waals surface area contributed by atoms with Gasteiger partial charge in [0.2, 0.25) is 0 Å². The number of likely N-dealkylation sites (N-methyl/N-ethyl adjacent to an activating group) is 1. The topological polar surface area (TPSA) is 49.6 Å². The molecule has 25 heavy (non-hydrogen) atoms. The molecule has 0 spiro atoms. The second-order valence-corrected chi connectivity index (χ2v) is 7.34. The molecule has 0 saturated carbocycles. The summed E-state index contributed by atoms with van der Waals surface area (Å²) in [5.41, 5.74) is 4.04. The Kier molecular flexibility index (Phi) is 3.96. The number of rotatable bonds is 3. The van der Waals surface area contributed by atoms with E-state index in [9.17, 15) is 10.1 Å². The first-order valence-corrected chi connectivity index (χ1v) is 8.83. The molecule has 130 valence electrons. The van der Waals surface area contributed by atoms with Crippen molar-refractivity contribution in [3.05, 3.63) is 58.1 Å². The molecule has 2 heterocycles. The zero-order chi connectivity index (χ0) is 17.6. The monoisotopic (exact) mass is 337 g/mol. The van der Waals surface area contributed by atoms with Gasteiger partial charge in [0.25, 0.3) is 5.69 Å². The normalized spacial score (nSPS) is 23.0. The molecule has 0 N–H and O–H groups in total. The molecule has 2 aliphatic rings. The Morgan fingerprint density at radius 3 is 2.52 bits per heavy atom. The molecule has 0 aromatic heterocycles. The number of hydrogen-bond acceptors (Lipinski definition) is 4. The van der Waals surface area contributed by atoms with Crippen molar-refractivity contribution in [3.8, 4) is 11.1 Å². The number of nitro groups is 1. The predicted octanol–water partition coefficient (Wildman–Crippen LogP) is 3.71. The zero-order valence-corrected chi connectivity index (χ0v) is 14.7. The highest BCUT2D eigenvalue weighted by atomic mass is 16.6. The number of nitrogens with zero attached hydrogens (tertiary/aromatic N) is 3. The van der Waals surface area contributed by atoms with Gasteiger partial charge in [-0.1, -0.05) is 24.3 Å². The van der Waals surface area contributed by atoms with Crippen molar-refractivity contribution in [2.24, 2.45) is 5.92 Å². The molecule has 2 aromatic carbocycles. The third-order valence-corrected chi connectivity index (χ3v) is 5.67. The zero-order valence-electron chi connectivity index (χ0n) is 14.7. The quantitative estimate of drug-likeness (QED) is 0.633. The van der Waals surface area contributed by atoms with Crippen molar-refractivity contribution in [1.82, 2.24) is 4.90 Å². The molecule has 2 saturated heterocycles. The third-order valence-electron chi connectivity index (χ3n) is 5.67. The van der Waals surface area contributed by atoms with Crippen LogP contribution in [0, 0.1) is 23.0 Å². The van der Waals surface area contributed by atoms with E-state index in [1.165, 1.54) is 18.7 Å². The van der Waals surface area contributed by atoms with Crippen molar-refractivity contribution >= 4 is 11.4 Å². The summed E-state index contributed by atoms with van der Waals surface area (Å²) in [7, 11) is 2.20. The fourth-order valence-electron chi connectivity index (χ4n) is 4.32. The molecule has 5 nitrogen and oxygen atoms in total. The van der Waals surface area contributed by atoms with Crippen molar-refractivity contribution in [1.29, 1.82) is 0 Å². The Morgan fingerprint density at radius 1 is 1.08 bits per heavy atom. The van der Waals surface area contributed by atoms with Crippen LogP contribution in [0.15, 0.2) is 42.5 Å². The van der Waals surface area contributed by atoms with E-state index in [2.05, 4.69) is 41.1 Å². The van der Waals surface area contributed by atoms with Gasteiger partial charge in [-0.05, 0) is 49.6 Å². The summed E-state index contributed by atoms with van der Waals surface area (Å²) in [6.45, 7) is 5.23. The Balaban J connectivity index is 1.59. The van der Waals surface area contributed by atoms with E-state index in [4.69, 9.17) is 0 Å². The lowest BCUT2D eigenvalue weighted by molar-refractivity contribution is -0.385. The maximum absolute atomic E-state index is 11.2. The van der Waals surface area contributed by atoms with Crippen LogP contribution >= 0.6 is 0 Å². The molecule has 2 atom stereocenters. The number of hydrogen-bond donors (Lipinski definition) is 0. The van der Waals surface area contributed by atoms with Crippen molar-refractivity contribution in [2.45, 2.75) is 19.4 Å². The summed E-state index contributed by atoms with van der Waals surface area (Å²) >= 11 is 0. The largest absolute Gasteiger partial charge is 0.367 e. The maximum Gasteiger partial charge on any atom is 0.272 e. The predicted molar refractivity (Wildman–Crippen MR) is 100 cm³/mol. The SMILES string of the molecule is Cc1ccc(-c2ccc(N3CC[C@@H]4CN(C)C[C@@H]43)cc2)cc1[N+](=O)[O-]. The van der Waals surface area contributed by atoms with E-state index in [-0.39, 0.29) is 10.6 Å². The van der Waals surface area contributed by atoms with Crippen LogP contribution in [0.4, 0.5) is 11.4 Å². The average Bonchev–Trinajstić information content (AvgIpc) is 3.14. The van der Waals surface area contributed by atoms with E-state index < -0.39 is 0 Å². The molecule has 0 radical (unpaired) electrons. The summed E-state index contributed by atoms with van der Waals surface area (Å²) in [6.07, 6.45) is 1.26. The molecule has 2 aromatic rings. The van der Waals surface area contributed by atoms with Gasteiger partial charge in [0, 0.05) is 43.0 Å². The van der Waals surface area contributed by atoms with Crippen LogP contribution in [0.5, 0.6) is 0 Å². The number of benzene rings is 2. The van der Waals surface area contributed by atoms with Crippen LogP contribution in [0.25, 0.3) is 11.1 Å². The van der Waals surface area contributed by atoms with Gasteiger partial charge in [-0.3, -0.25) is 10.1 Å². The molecule has 2 aliphatic heterocycles. The van der Waals surface area contributed by atoms with E-state index in [0.29, 0.717) is 11.6 Å². The highest BCUT2D eigenvalue weighted by Gasteiger charge is 2.39. The standard InChI is InChI=1S/C20H23N3O2/c1-14-3-4-16(11-19(14)23(24)25)15-5-7-18(8-6-15)22-10-9-17-12-21(2)13-20(17)22/h3-8,11,17,20H,9-10,12-13H2,1-2H3/t17-,20+/m1/s1. The molecule has 0 unspecified atom stereocenters. The fourth-order valence-corrected chi connectivity index (χ4v) is 4.32. The molecule has 4 rings (SSSR count). The minimum Gasteiger partial charge on any atom is -0.367 e. The first-order chi connectivity index (χ1) is 12.0. The molecule has 0 bridgehead atoms. The van der Waals surface area contributed by atoms with Gasteiger partial charge in [0.05, 0.1) is 4.92 Å². The van der Waals surface area contributed by atoms with Gasteiger partial charge in [-0.15, -0.1) is 0 Å². The molecule has 0 aliphatic carbocycles. The third kappa shape index (κ3) is 2.89. The van der Waals surface area contributed by atoms with Crippen LogP contribution in [0.1, 0.15) is 12.0 Å². The Labute approximate surface area is 148 Å². The molecular weight excluding hydrogens is 314 g/mol. The first-order valence-electron chi connectivity index (χ1n) is 8.83. The number of aryl methyl sites for hydroxylation is 1. The van der Waals surface area contributed by atoms with Crippen LogP contribution in [0.3, 0.4) is 0 Å². The molecule has 2 fully saturated rings. The van der Waals surface area contributed by atoms with Gasteiger partial charge >= 0.3 is 0 Å². The maximum atomic E-state index is 11.2. The summed E-state index contributed by atoms with van der Waals surface area (Å²) in [5, 5.41) is 11.2. The fraction of sp³-hybridized carbons (Fsp3) is 0.400. The van der Waals surface area contributed by atoms with Gasteiger partial charge in [-0.2, -0.15) is 0 Å². The number of likely N-dealkylation sites (tertiary alicyclic amines) is 1. The summed E-state index contributed by atoms with van der Waals surface area (Å²) in [5.74, 6) is 0.782. The van der Waals surface area contributed by atoms with Gasteiger partial charge in [0.1, 0.15) is 0 Å². The minimum atomic E-state index is -0.311. The lowest BCUT2D eigenvalue weighted by Crippen LogP contribution is -2.34. The Bertz CT molecular complexity index is 803. The molecular formula is C20H23N3O2. The van der Waals surface area contributed by atoms with Crippen molar-refractivity contribution in [2.75, 3.05) is 31.6 Å². The smallest absolute Gasteiger partial charge is 0.272 e. The van der Waals surface area contributed by atoms with Crippen LogP contribution < -0.4 is 4.90 Å². The van der Waals surface area contributed by atoms with E-state index >= 15 is 0 Å².